The molecule has 0 aliphatic heterocycles. The van der Waals surface area contributed by atoms with Crippen molar-refractivity contribution in [2.75, 3.05) is 0 Å². The maximum Gasteiger partial charge on any atom is 0.170 e. The molecule has 1 aromatic carbocycles. The molecule has 0 radical (unpaired) electrons. The molecule has 2 atom stereocenters. The highest BCUT2D eigenvalue weighted by atomic mass is 35.5. The monoisotopic (exact) mass is 225 g/mol. The van der Waals surface area contributed by atoms with Crippen LogP contribution in [0, 0.1) is 25.2 Å². The van der Waals surface area contributed by atoms with Gasteiger partial charge in [0.1, 0.15) is 6.10 Å². The summed E-state index contributed by atoms with van der Waals surface area (Å²) in [6, 6.07) is 4.92. The van der Waals surface area contributed by atoms with Crippen molar-refractivity contribution in [3.63, 3.8) is 0 Å². The number of nitriles is 1. The van der Waals surface area contributed by atoms with Gasteiger partial charge in [-0.3, -0.25) is 0 Å². The van der Waals surface area contributed by atoms with Crippen molar-refractivity contribution in [1.82, 2.24) is 0 Å². The van der Waals surface area contributed by atoms with Gasteiger partial charge in [0.25, 0.3) is 0 Å². The Morgan fingerprint density at radius 3 is 2.13 bits per heavy atom. The zero-order valence-corrected chi connectivity index (χ0v) is 9.28. The molecular weight excluding hydrogens is 214 g/mol. The summed E-state index contributed by atoms with van der Waals surface area (Å²) in [5.74, 6) is 0. The third kappa shape index (κ3) is 2.48. The number of nitrogens with zero attached hydrogens (tertiary/aromatic N) is 1. The van der Waals surface area contributed by atoms with Gasteiger partial charge in [-0.15, -0.1) is 0 Å². The Morgan fingerprint density at radius 2 is 1.73 bits per heavy atom. The van der Waals surface area contributed by atoms with Crippen molar-refractivity contribution in [2.45, 2.75) is 26.1 Å². The predicted octanol–water partition coefficient (Wildman–Crippen LogP) is 1.87. The van der Waals surface area contributed by atoms with Crippen LogP contribution in [0.2, 0.25) is 5.02 Å². The lowest BCUT2D eigenvalue weighted by atomic mass is 10.0. The number of aryl methyl sites for hydroxylation is 2. The molecule has 0 saturated heterocycles. The van der Waals surface area contributed by atoms with Crippen molar-refractivity contribution in [3.05, 3.63) is 33.8 Å². The maximum absolute atomic E-state index is 9.61. The molecule has 0 aromatic heterocycles. The first kappa shape index (κ1) is 12.0. The molecule has 2 N–H and O–H groups in total. The van der Waals surface area contributed by atoms with Gasteiger partial charge in [0.2, 0.25) is 0 Å². The van der Waals surface area contributed by atoms with E-state index in [1.807, 2.05) is 13.8 Å². The van der Waals surface area contributed by atoms with Crippen LogP contribution in [0.25, 0.3) is 0 Å². The van der Waals surface area contributed by atoms with E-state index in [1.54, 1.807) is 18.2 Å². The molecule has 2 unspecified atom stereocenters. The molecule has 0 bridgehead atoms. The Morgan fingerprint density at radius 1 is 1.27 bits per heavy atom. The number of rotatable bonds is 2. The van der Waals surface area contributed by atoms with E-state index in [9.17, 15) is 10.2 Å². The third-order valence-corrected chi connectivity index (χ3v) is 2.83. The quantitative estimate of drug-likeness (QED) is 0.756. The Bertz CT molecular complexity index is 389. The molecule has 0 heterocycles. The lowest BCUT2D eigenvalue weighted by Gasteiger charge is -2.14. The van der Waals surface area contributed by atoms with Gasteiger partial charge < -0.3 is 10.2 Å². The second-order valence-corrected chi connectivity index (χ2v) is 3.87. The van der Waals surface area contributed by atoms with Gasteiger partial charge in [0, 0.05) is 5.02 Å². The van der Waals surface area contributed by atoms with Gasteiger partial charge in [-0.25, -0.2) is 0 Å². The van der Waals surface area contributed by atoms with Crippen LogP contribution in [-0.4, -0.2) is 16.3 Å². The van der Waals surface area contributed by atoms with E-state index in [1.165, 1.54) is 0 Å². The average molecular weight is 226 g/mol. The van der Waals surface area contributed by atoms with E-state index in [2.05, 4.69) is 0 Å². The second kappa shape index (κ2) is 4.63. The van der Waals surface area contributed by atoms with E-state index >= 15 is 0 Å². The summed E-state index contributed by atoms with van der Waals surface area (Å²) < 4.78 is 0. The highest BCUT2D eigenvalue weighted by Gasteiger charge is 2.18. The molecule has 15 heavy (non-hydrogen) atoms. The van der Waals surface area contributed by atoms with Crippen LogP contribution in [0.15, 0.2) is 12.1 Å². The first-order valence-corrected chi connectivity index (χ1v) is 4.87. The fourth-order valence-electron chi connectivity index (χ4n) is 1.40. The number of hydrogen-bond acceptors (Lipinski definition) is 3. The number of aliphatic hydroxyl groups excluding tert-OH is 2. The Balaban J connectivity index is 3.12. The van der Waals surface area contributed by atoms with Gasteiger partial charge in [-0.2, -0.15) is 5.26 Å². The molecule has 1 rings (SSSR count). The molecule has 0 aliphatic carbocycles. The fraction of sp³-hybridized carbons (Fsp3) is 0.364. The van der Waals surface area contributed by atoms with Crippen LogP contribution in [0.1, 0.15) is 22.8 Å². The molecule has 3 nitrogen and oxygen atoms in total. The maximum atomic E-state index is 9.61. The van der Waals surface area contributed by atoms with Crippen LogP contribution in [0.3, 0.4) is 0 Å². The first-order valence-electron chi connectivity index (χ1n) is 4.49. The molecule has 4 heteroatoms. The van der Waals surface area contributed by atoms with E-state index in [-0.39, 0.29) is 0 Å². The molecule has 0 fully saturated rings. The number of hydrogen-bond donors (Lipinski definition) is 2. The zero-order chi connectivity index (χ0) is 11.6. The summed E-state index contributed by atoms with van der Waals surface area (Å²) >= 11 is 5.96. The minimum Gasteiger partial charge on any atom is -0.385 e. The zero-order valence-electron chi connectivity index (χ0n) is 8.53. The average Bonchev–Trinajstić information content (AvgIpc) is 2.23. The predicted molar refractivity (Wildman–Crippen MR) is 57.5 cm³/mol. The van der Waals surface area contributed by atoms with Crippen LogP contribution >= 0.6 is 11.6 Å². The van der Waals surface area contributed by atoms with E-state index in [0.717, 1.165) is 11.1 Å². The van der Waals surface area contributed by atoms with Crippen molar-refractivity contribution in [3.8, 4) is 6.07 Å². The van der Waals surface area contributed by atoms with E-state index < -0.39 is 12.2 Å². The smallest absolute Gasteiger partial charge is 0.170 e. The molecule has 80 valence electrons. The number of benzene rings is 1. The van der Waals surface area contributed by atoms with Crippen LogP contribution in [0.5, 0.6) is 0 Å². The van der Waals surface area contributed by atoms with Crippen LogP contribution < -0.4 is 0 Å². The fourth-order valence-corrected chi connectivity index (χ4v) is 1.51. The Kier molecular flexibility index (Phi) is 3.70. The number of aliphatic hydroxyl groups is 2. The summed E-state index contributed by atoms with van der Waals surface area (Å²) in [7, 11) is 0. The van der Waals surface area contributed by atoms with Crippen molar-refractivity contribution >= 4 is 11.6 Å². The van der Waals surface area contributed by atoms with Gasteiger partial charge >= 0.3 is 0 Å². The summed E-state index contributed by atoms with van der Waals surface area (Å²) in [5.41, 5.74) is 2.13. The third-order valence-electron chi connectivity index (χ3n) is 2.23. The standard InChI is InChI=1S/C11H12ClNO2/c1-6-3-8(4-7(2)10(6)12)11(15)9(14)5-13/h3-4,9,11,14-15H,1-2H3. The minimum atomic E-state index is -1.41. The molecule has 0 amide bonds. The topological polar surface area (TPSA) is 64.2 Å². The Hall–Kier alpha value is -1.08. The summed E-state index contributed by atoms with van der Waals surface area (Å²) in [5, 5.41) is 27.9. The van der Waals surface area contributed by atoms with Gasteiger partial charge in [-0.1, -0.05) is 23.7 Å². The highest BCUT2D eigenvalue weighted by molar-refractivity contribution is 6.32. The molecule has 0 aliphatic rings. The molecule has 1 aromatic rings. The lowest BCUT2D eigenvalue weighted by Crippen LogP contribution is -2.16. The lowest BCUT2D eigenvalue weighted by molar-refractivity contribution is 0.0527. The van der Waals surface area contributed by atoms with Crippen molar-refractivity contribution in [2.24, 2.45) is 0 Å². The first-order chi connectivity index (χ1) is 6.97. The Labute approximate surface area is 93.5 Å². The van der Waals surface area contributed by atoms with Crippen LogP contribution in [-0.2, 0) is 0 Å². The van der Waals surface area contributed by atoms with Crippen LogP contribution in [0.4, 0.5) is 0 Å². The van der Waals surface area contributed by atoms with E-state index in [0.29, 0.717) is 10.6 Å². The minimum absolute atomic E-state index is 0.503. The van der Waals surface area contributed by atoms with Gasteiger partial charge in [0.15, 0.2) is 6.10 Å². The SMILES string of the molecule is Cc1cc(C(O)C(O)C#N)cc(C)c1Cl. The largest absolute Gasteiger partial charge is 0.385 e. The molecule has 0 saturated carbocycles. The number of halogens is 1. The molecule has 0 spiro atoms. The summed E-state index contributed by atoms with van der Waals surface area (Å²) in [6.45, 7) is 3.62. The summed E-state index contributed by atoms with van der Waals surface area (Å²) in [6.07, 6.45) is -2.60. The van der Waals surface area contributed by atoms with Gasteiger partial charge in [-0.05, 0) is 30.5 Å². The molecular formula is C11H12ClNO2. The van der Waals surface area contributed by atoms with Gasteiger partial charge in [0.05, 0.1) is 6.07 Å². The van der Waals surface area contributed by atoms with Crippen molar-refractivity contribution in [1.29, 1.82) is 5.26 Å². The normalized spacial score (nSPS) is 14.4. The second-order valence-electron chi connectivity index (χ2n) is 3.49. The highest BCUT2D eigenvalue weighted by Crippen LogP contribution is 2.26. The van der Waals surface area contributed by atoms with E-state index in [4.69, 9.17) is 16.9 Å². The summed E-state index contributed by atoms with van der Waals surface area (Å²) in [4.78, 5) is 0. The van der Waals surface area contributed by atoms with Crippen molar-refractivity contribution < 1.29 is 10.2 Å².